The maximum Gasteiger partial charge on any atom is 0.231 e. The average molecular weight is 351 g/mol. The highest BCUT2D eigenvalue weighted by molar-refractivity contribution is 6.13. The van der Waals surface area contributed by atoms with E-state index in [9.17, 15) is 4.79 Å². The Morgan fingerprint density at radius 3 is 2.77 bits per heavy atom. The van der Waals surface area contributed by atoms with E-state index in [4.69, 9.17) is 14.2 Å². The molecule has 2 heterocycles. The molecule has 0 aromatic heterocycles. The van der Waals surface area contributed by atoms with E-state index in [2.05, 4.69) is 4.90 Å². The van der Waals surface area contributed by atoms with Crippen molar-refractivity contribution in [2.24, 2.45) is 0 Å². The van der Waals surface area contributed by atoms with Gasteiger partial charge >= 0.3 is 0 Å². The second-order valence-electron chi connectivity index (χ2n) is 6.75. The summed E-state index contributed by atoms with van der Waals surface area (Å²) >= 11 is 0. The molecule has 0 radical (unpaired) electrons. The summed E-state index contributed by atoms with van der Waals surface area (Å²) in [4.78, 5) is 14.7. The first-order valence-corrected chi connectivity index (χ1v) is 8.61. The molecule has 0 unspecified atom stereocenters. The highest BCUT2D eigenvalue weighted by Crippen LogP contribution is 2.42. The van der Waals surface area contributed by atoms with Crippen LogP contribution in [0.2, 0.25) is 0 Å². The van der Waals surface area contributed by atoms with Crippen LogP contribution < -0.4 is 14.2 Å². The third-order valence-electron chi connectivity index (χ3n) is 4.70. The number of ether oxygens (including phenoxy) is 3. The first-order chi connectivity index (χ1) is 12.6. The number of carbonyl (C=O) groups is 1. The van der Waals surface area contributed by atoms with E-state index in [1.807, 2.05) is 44.2 Å². The summed E-state index contributed by atoms with van der Waals surface area (Å²) in [5.41, 5.74) is 3.51. The van der Waals surface area contributed by atoms with Crippen LogP contribution in [-0.4, -0.2) is 24.5 Å². The summed E-state index contributed by atoms with van der Waals surface area (Å²) in [6, 6.07) is 11.6. The Morgan fingerprint density at radius 1 is 1.19 bits per heavy atom. The van der Waals surface area contributed by atoms with Crippen LogP contribution >= 0.6 is 0 Å². The van der Waals surface area contributed by atoms with Crippen molar-refractivity contribution in [1.29, 1.82) is 0 Å². The minimum atomic E-state index is -0.0512. The van der Waals surface area contributed by atoms with Crippen molar-refractivity contribution < 1.29 is 19.0 Å². The number of hydrogen-bond donors (Lipinski definition) is 0. The van der Waals surface area contributed by atoms with Gasteiger partial charge in [0.15, 0.2) is 5.76 Å². The van der Waals surface area contributed by atoms with Crippen molar-refractivity contribution in [3.05, 3.63) is 64.4 Å². The van der Waals surface area contributed by atoms with E-state index < -0.39 is 0 Å². The second-order valence-corrected chi connectivity index (χ2v) is 6.75. The molecule has 0 fully saturated rings. The standard InChI is InChI=1S/C21H21NO4/c1-13(2)20-19(23)15-8-9-18-16(21(15)26-20)11-22(12-25-18)10-14-6-4-5-7-17(14)24-3/h4-9H,10-12H2,1-3H3. The van der Waals surface area contributed by atoms with E-state index in [1.165, 1.54) is 0 Å². The van der Waals surface area contributed by atoms with Crippen LogP contribution in [0.3, 0.4) is 0 Å². The summed E-state index contributed by atoms with van der Waals surface area (Å²) < 4.78 is 17.3. The van der Waals surface area contributed by atoms with E-state index in [0.717, 1.165) is 28.2 Å². The summed E-state index contributed by atoms with van der Waals surface area (Å²) in [6.45, 7) is 5.59. The number of Topliss-reactive ketones (excluding diaryl/α,β-unsaturated/α-hetero) is 1. The summed E-state index contributed by atoms with van der Waals surface area (Å²) in [7, 11) is 1.67. The summed E-state index contributed by atoms with van der Waals surface area (Å²) in [5, 5.41) is 0. The Kier molecular flexibility index (Phi) is 4.17. The Balaban J connectivity index is 1.64. The third kappa shape index (κ3) is 2.74. The molecule has 0 amide bonds. The van der Waals surface area contributed by atoms with Crippen LogP contribution in [0.1, 0.15) is 35.3 Å². The fourth-order valence-electron chi connectivity index (χ4n) is 3.40. The quantitative estimate of drug-likeness (QED) is 0.785. The molecule has 2 aliphatic rings. The molecule has 0 saturated heterocycles. The van der Waals surface area contributed by atoms with Crippen LogP contribution in [0.5, 0.6) is 17.2 Å². The van der Waals surface area contributed by atoms with Crippen LogP contribution in [0, 0.1) is 0 Å². The fraction of sp³-hybridized carbons (Fsp3) is 0.286. The zero-order valence-corrected chi connectivity index (χ0v) is 15.2. The highest BCUT2D eigenvalue weighted by Gasteiger charge is 2.34. The van der Waals surface area contributed by atoms with Gasteiger partial charge in [0, 0.05) is 18.7 Å². The van der Waals surface area contributed by atoms with Crippen LogP contribution in [0.25, 0.3) is 0 Å². The molecule has 0 atom stereocenters. The molecule has 2 aromatic rings. The molecule has 2 aromatic carbocycles. The Morgan fingerprint density at radius 2 is 2.00 bits per heavy atom. The van der Waals surface area contributed by atoms with Gasteiger partial charge in [-0.3, -0.25) is 9.69 Å². The number of fused-ring (bicyclic) bond motifs is 3. The lowest BCUT2D eigenvalue weighted by atomic mass is 10.0. The third-order valence-corrected chi connectivity index (χ3v) is 4.70. The number of rotatable bonds is 3. The number of methoxy groups -OCH3 is 1. The smallest absolute Gasteiger partial charge is 0.231 e. The molecule has 0 aliphatic carbocycles. The number of para-hydroxylation sites is 1. The first kappa shape index (κ1) is 16.7. The molecule has 134 valence electrons. The van der Waals surface area contributed by atoms with Gasteiger partial charge in [0.2, 0.25) is 5.78 Å². The van der Waals surface area contributed by atoms with Gasteiger partial charge in [0.05, 0.1) is 18.2 Å². The maximum atomic E-state index is 12.5. The Labute approximate surface area is 152 Å². The fourth-order valence-corrected chi connectivity index (χ4v) is 3.40. The highest BCUT2D eigenvalue weighted by atomic mass is 16.5. The normalized spacial score (nSPS) is 15.8. The van der Waals surface area contributed by atoms with Crippen molar-refractivity contribution in [3.63, 3.8) is 0 Å². The molecule has 0 N–H and O–H groups in total. The summed E-state index contributed by atoms with van der Waals surface area (Å²) in [6.07, 6.45) is 0. The number of benzene rings is 2. The first-order valence-electron chi connectivity index (χ1n) is 8.61. The zero-order chi connectivity index (χ0) is 18.3. The van der Waals surface area contributed by atoms with Gasteiger partial charge < -0.3 is 14.2 Å². The van der Waals surface area contributed by atoms with E-state index in [1.54, 1.807) is 13.2 Å². The van der Waals surface area contributed by atoms with Crippen LogP contribution in [0.15, 0.2) is 47.7 Å². The van der Waals surface area contributed by atoms with Crippen molar-refractivity contribution >= 4 is 5.78 Å². The molecule has 0 saturated carbocycles. The van der Waals surface area contributed by atoms with Crippen LogP contribution in [-0.2, 0) is 13.1 Å². The molecule has 5 heteroatoms. The van der Waals surface area contributed by atoms with Crippen molar-refractivity contribution in [2.75, 3.05) is 13.8 Å². The molecule has 0 spiro atoms. The topological polar surface area (TPSA) is 48.0 Å². The molecule has 0 bridgehead atoms. The number of hydrogen-bond acceptors (Lipinski definition) is 5. The van der Waals surface area contributed by atoms with E-state index in [-0.39, 0.29) is 5.78 Å². The lowest BCUT2D eigenvalue weighted by molar-refractivity contribution is 0.0865. The molecule has 5 nitrogen and oxygen atoms in total. The van der Waals surface area contributed by atoms with Gasteiger partial charge in [-0.1, -0.05) is 18.2 Å². The van der Waals surface area contributed by atoms with Crippen molar-refractivity contribution in [2.45, 2.75) is 26.9 Å². The molecule has 4 rings (SSSR count). The van der Waals surface area contributed by atoms with Crippen molar-refractivity contribution in [3.8, 4) is 17.2 Å². The molecular formula is C21H21NO4. The van der Waals surface area contributed by atoms with Crippen LogP contribution in [0.4, 0.5) is 0 Å². The predicted molar refractivity (Wildman–Crippen MR) is 97.5 cm³/mol. The Bertz CT molecular complexity index is 912. The predicted octanol–water partition coefficient (Wildman–Crippen LogP) is 3.92. The number of allylic oxidation sites excluding steroid dienone is 2. The second kappa shape index (κ2) is 6.50. The zero-order valence-electron chi connectivity index (χ0n) is 15.2. The lowest BCUT2D eigenvalue weighted by Crippen LogP contribution is -2.31. The SMILES string of the molecule is COc1ccccc1CN1COc2ccc3c(c2C1)OC(=C(C)C)C3=O. The van der Waals surface area contributed by atoms with Gasteiger partial charge in [-0.25, -0.2) is 0 Å². The average Bonchev–Trinajstić information content (AvgIpc) is 3.00. The molecule has 26 heavy (non-hydrogen) atoms. The minimum absolute atomic E-state index is 0.0512. The molecular weight excluding hydrogens is 330 g/mol. The summed E-state index contributed by atoms with van der Waals surface area (Å²) in [5.74, 6) is 2.64. The molecule has 2 aliphatic heterocycles. The van der Waals surface area contributed by atoms with Gasteiger partial charge in [-0.15, -0.1) is 0 Å². The Hall–Kier alpha value is -2.79. The van der Waals surface area contributed by atoms with E-state index >= 15 is 0 Å². The van der Waals surface area contributed by atoms with Gasteiger partial charge in [0.1, 0.15) is 24.0 Å². The number of ketones is 1. The van der Waals surface area contributed by atoms with Gasteiger partial charge in [0.25, 0.3) is 0 Å². The number of nitrogens with zero attached hydrogens (tertiary/aromatic N) is 1. The lowest BCUT2D eigenvalue weighted by Gasteiger charge is -2.30. The number of carbonyl (C=O) groups excluding carboxylic acids is 1. The van der Waals surface area contributed by atoms with Gasteiger partial charge in [-0.05, 0) is 37.6 Å². The van der Waals surface area contributed by atoms with Gasteiger partial charge in [-0.2, -0.15) is 0 Å². The van der Waals surface area contributed by atoms with E-state index in [0.29, 0.717) is 36.9 Å². The minimum Gasteiger partial charge on any atom is -0.496 e. The maximum absolute atomic E-state index is 12.5. The monoisotopic (exact) mass is 351 g/mol. The largest absolute Gasteiger partial charge is 0.496 e. The van der Waals surface area contributed by atoms with Crippen molar-refractivity contribution in [1.82, 2.24) is 4.90 Å².